The third kappa shape index (κ3) is 2.72. The lowest BCUT2D eigenvalue weighted by molar-refractivity contribution is 0.600. The maximum absolute atomic E-state index is 6.10. The van der Waals surface area contributed by atoms with Gasteiger partial charge in [-0.05, 0) is 41.8 Å². The number of nitrogens with one attached hydrogen (secondary N) is 1. The summed E-state index contributed by atoms with van der Waals surface area (Å²) >= 11 is 1.63. The summed E-state index contributed by atoms with van der Waals surface area (Å²) in [7, 11) is 0. The maximum atomic E-state index is 6.10. The van der Waals surface area contributed by atoms with Crippen LogP contribution in [0.25, 0.3) is 26.4 Å². The molecule has 2 aromatic heterocycles. The average Bonchev–Trinajstić information content (AvgIpc) is 2.99. The molecule has 0 spiro atoms. The highest BCUT2D eigenvalue weighted by atomic mass is 32.1. The average molecular weight is 323 g/mol. The number of benzene rings is 1. The number of nitrogens with two attached hydrogens (primary N) is 2. The summed E-state index contributed by atoms with van der Waals surface area (Å²) in [6, 6.07) is 10.2. The SMILES string of the molecule is Nc1ncc(C2=CC(N)NCC2)cc1-c1nc2ccccc2s1. The number of para-hydroxylation sites is 1. The Bertz CT molecular complexity index is 866. The largest absolute Gasteiger partial charge is 0.383 e. The van der Waals surface area contributed by atoms with E-state index in [1.54, 1.807) is 11.3 Å². The lowest BCUT2D eigenvalue weighted by Gasteiger charge is -2.20. The van der Waals surface area contributed by atoms with Crippen LogP contribution in [0.3, 0.4) is 0 Å². The lowest BCUT2D eigenvalue weighted by atomic mass is 9.99. The second kappa shape index (κ2) is 5.73. The molecule has 1 aromatic carbocycles. The molecule has 0 saturated heterocycles. The Morgan fingerprint density at radius 3 is 2.96 bits per heavy atom. The van der Waals surface area contributed by atoms with E-state index in [1.807, 2.05) is 30.5 Å². The summed E-state index contributed by atoms with van der Waals surface area (Å²) < 4.78 is 1.15. The third-order valence-electron chi connectivity index (χ3n) is 3.97. The molecule has 0 radical (unpaired) electrons. The molecule has 4 rings (SSSR count). The number of hydrogen-bond acceptors (Lipinski definition) is 6. The molecule has 1 atom stereocenters. The summed E-state index contributed by atoms with van der Waals surface area (Å²) in [5.41, 5.74) is 16.2. The Morgan fingerprint density at radius 2 is 2.13 bits per heavy atom. The molecule has 0 saturated carbocycles. The Balaban J connectivity index is 1.80. The second-order valence-electron chi connectivity index (χ2n) is 5.57. The number of aromatic nitrogens is 2. The van der Waals surface area contributed by atoms with Gasteiger partial charge in [-0.15, -0.1) is 11.3 Å². The van der Waals surface area contributed by atoms with Gasteiger partial charge in [0.1, 0.15) is 10.8 Å². The van der Waals surface area contributed by atoms with Crippen molar-refractivity contribution < 1.29 is 0 Å². The van der Waals surface area contributed by atoms with Gasteiger partial charge in [-0.1, -0.05) is 12.1 Å². The van der Waals surface area contributed by atoms with E-state index in [1.165, 1.54) is 5.57 Å². The molecule has 5 nitrogen and oxygen atoms in total. The first kappa shape index (κ1) is 14.3. The normalized spacial score (nSPS) is 18.1. The highest BCUT2D eigenvalue weighted by molar-refractivity contribution is 7.21. The Kier molecular flexibility index (Phi) is 3.57. The minimum atomic E-state index is -0.109. The molecule has 6 heteroatoms. The van der Waals surface area contributed by atoms with E-state index >= 15 is 0 Å². The fourth-order valence-electron chi connectivity index (χ4n) is 2.78. The molecule has 5 N–H and O–H groups in total. The van der Waals surface area contributed by atoms with Crippen LogP contribution in [-0.2, 0) is 0 Å². The summed E-state index contributed by atoms with van der Waals surface area (Å²) in [6.07, 6.45) is 4.68. The number of thiazole rings is 1. The van der Waals surface area contributed by atoms with Crippen molar-refractivity contribution in [1.82, 2.24) is 15.3 Å². The number of hydrogen-bond donors (Lipinski definition) is 3. The van der Waals surface area contributed by atoms with Crippen LogP contribution in [0, 0.1) is 0 Å². The second-order valence-corrected chi connectivity index (χ2v) is 6.60. The highest BCUT2D eigenvalue weighted by Gasteiger charge is 2.15. The minimum Gasteiger partial charge on any atom is -0.383 e. The van der Waals surface area contributed by atoms with Gasteiger partial charge in [-0.25, -0.2) is 9.97 Å². The summed E-state index contributed by atoms with van der Waals surface area (Å²) in [5.74, 6) is 0.506. The quantitative estimate of drug-likeness (QED) is 0.674. The number of nitrogen functional groups attached to an aromatic ring is 1. The molecule has 3 aromatic rings. The number of fused-ring (bicyclic) bond motifs is 1. The molecular formula is C17H17N5S. The molecule has 0 aliphatic carbocycles. The van der Waals surface area contributed by atoms with Crippen molar-refractivity contribution in [2.24, 2.45) is 5.73 Å². The molecule has 116 valence electrons. The van der Waals surface area contributed by atoms with Crippen molar-refractivity contribution in [3.05, 3.63) is 48.2 Å². The first-order valence-electron chi connectivity index (χ1n) is 7.52. The van der Waals surface area contributed by atoms with E-state index < -0.39 is 0 Å². The zero-order chi connectivity index (χ0) is 15.8. The van der Waals surface area contributed by atoms with Crippen molar-refractivity contribution in [2.75, 3.05) is 12.3 Å². The van der Waals surface area contributed by atoms with E-state index in [0.717, 1.165) is 39.3 Å². The predicted molar refractivity (Wildman–Crippen MR) is 95.8 cm³/mol. The van der Waals surface area contributed by atoms with Gasteiger partial charge >= 0.3 is 0 Å². The van der Waals surface area contributed by atoms with Gasteiger partial charge in [-0.3, -0.25) is 5.32 Å². The highest BCUT2D eigenvalue weighted by Crippen LogP contribution is 2.34. The van der Waals surface area contributed by atoms with Crippen LogP contribution in [0.1, 0.15) is 12.0 Å². The topological polar surface area (TPSA) is 89.8 Å². The van der Waals surface area contributed by atoms with Gasteiger partial charge in [0.25, 0.3) is 0 Å². The summed E-state index contributed by atoms with van der Waals surface area (Å²) in [6.45, 7) is 0.869. The van der Waals surface area contributed by atoms with Gasteiger partial charge in [-0.2, -0.15) is 0 Å². The van der Waals surface area contributed by atoms with Crippen molar-refractivity contribution in [1.29, 1.82) is 0 Å². The number of rotatable bonds is 2. The van der Waals surface area contributed by atoms with E-state index in [2.05, 4.69) is 27.4 Å². The van der Waals surface area contributed by atoms with E-state index in [-0.39, 0.29) is 6.17 Å². The van der Waals surface area contributed by atoms with E-state index in [0.29, 0.717) is 5.82 Å². The standard InChI is InChI=1S/C17H17N5S/c18-15-8-10(5-6-20-15)11-7-12(16(19)21-9-11)17-22-13-3-1-2-4-14(13)23-17/h1-4,7-9,15,20H,5-6,18H2,(H2,19,21). The summed E-state index contributed by atoms with van der Waals surface area (Å²) in [5, 5.41) is 4.10. The molecule has 1 unspecified atom stereocenters. The van der Waals surface area contributed by atoms with Crippen molar-refractivity contribution in [3.63, 3.8) is 0 Å². The molecule has 0 bridgehead atoms. The van der Waals surface area contributed by atoms with Gasteiger partial charge < -0.3 is 11.5 Å². The third-order valence-corrected chi connectivity index (χ3v) is 5.04. The predicted octanol–water partition coefficient (Wildman–Crippen LogP) is 2.60. The lowest BCUT2D eigenvalue weighted by Crippen LogP contribution is -2.39. The zero-order valence-electron chi connectivity index (χ0n) is 12.5. The molecule has 3 heterocycles. The fourth-order valence-corrected chi connectivity index (χ4v) is 3.77. The molecule has 0 amide bonds. The van der Waals surface area contributed by atoms with Gasteiger partial charge in [0.15, 0.2) is 0 Å². The van der Waals surface area contributed by atoms with Crippen molar-refractivity contribution >= 4 is 32.9 Å². The van der Waals surface area contributed by atoms with Gasteiger partial charge in [0, 0.05) is 12.7 Å². The monoisotopic (exact) mass is 323 g/mol. The van der Waals surface area contributed by atoms with E-state index in [4.69, 9.17) is 11.5 Å². The first-order chi connectivity index (χ1) is 11.2. The fraction of sp³-hybridized carbons (Fsp3) is 0.176. The van der Waals surface area contributed by atoms with Crippen LogP contribution in [0.4, 0.5) is 5.82 Å². The molecule has 1 aliphatic heterocycles. The first-order valence-corrected chi connectivity index (χ1v) is 8.34. The smallest absolute Gasteiger partial charge is 0.133 e. The van der Waals surface area contributed by atoms with Gasteiger partial charge in [0.2, 0.25) is 0 Å². The Hall–Kier alpha value is -2.28. The van der Waals surface area contributed by atoms with Crippen LogP contribution in [0.15, 0.2) is 42.6 Å². The number of anilines is 1. The van der Waals surface area contributed by atoms with Crippen LogP contribution in [0.2, 0.25) is 0 Å². The van der Waals surface area contributed by atoms with Crippen molar-refractivity contribution in [3.8, 4) is 10.6 Å². The van der Waals surface area contributed by atoms with Crippen LogP contribution in [0.5, 0.6) is 0 Å². The van der Waals surface area contributed by atoms with Gasteiger partial charge in [0.05, 0.1) is 21.9 Å². The summed E-state index contributed by atoms with van der Waals surface area (Å²) in [4.78, 5) is 9.06. The molecule has 0 fully saturated rings. The van der Waals surface area contributed by atoms with Crippen LogP contribution < -0.4 is 16.8 Å². The molecule has 1 aliphatic rings. The number of pyridine rings is 1. The van der Waals surface area contributed by atoms with Crippen molar-refractivity contribution in [2.45, 2.75) is 12.6 Å². The minimum absolute atomic E-state index is 0.109. The van der Waals surface area contributed by atoms with Crippen LogP contribution in [-0.4, -0.2) is 22.7 Å². The zero-order valence-corrected chi connectivity index (χ0v) is 13.3. The maximum Gasteiger partial charge on any atom is 0.133 e. The Morgan fingerprint density at radius 1 is 1.26 bits per heavy atom. The number of nitrogens with zero attached hydrogens (tertiary/aromatic N) is 2. The Labute approximate surface area is 138 Å². The van der Waals surface area contributed by atoms with E-state index in [9.17, 15) is 0 Å². The molecular weight excluding hydrogens is 306 g/mol. The molecule has 23 heavy (non-hydrogen) atoms. The van der Waals surface area contributed by atoms with Crippen LogP contribution >= 0.6 is 11.3 Å².